The van der Waals surface area contributed by atoms with Gasteiger partial charge in [0.15, 0.2) is 0 Å². The highest BCUT2D eigenvalue weighted by Gasteiger charge is 2.27. The molecule has 1 N–H and O–H groups in total. The number of rotatable bonds is 5. The number of aromatic nitrogens is 2. The molecule has 6 heteroatoms. The van der Waals surface area contributed by atoms with Gasteiger partial charge in [0.2, 0.25) is 0 Å². The fourth-order valence-electron chi connectivity index (χ4n) is 1.60. The lowest BCUT2D eigenvalue weighted by Crippen LogP contribution is -2.25. The third kappa shape index (κ3) is 3.01. The summed E-state index contributed by atoms with van der Waals surface area (Å²) in [6.45, 7) is -0.315. The molecule has 1 heterocycles. The lowest BCUT2D eigenvalue weighted by molar-refractivity contribution is 0.156. The molecule has 0 saturated heterocycles. The van der Waals surface area contributed by atoms with E-state index in [-0.39, 0.29) is 6.54 Å². The Kier molecular flexibility index (Phi) is 3.40. The Morgan fingerprint density at radius 2 is 2.18 bits per heavy atom. The number of nitrogens with one attached hydrogen (secondary N) is 1. The van der Waals surface area contributed by atoms with Crippen molar-refractivity contribution in [3.05, 3.63) is 11.9 Å². The predicted molar refractivity (Wildman–Crippen MR) is 62.8 cm³/mol. The van der Waals surface area contributed by atoms with Crippen LogP contribution in [0.25, 0.3) is 0 Å². The molecule has 0 unspecified atom stereocenters. The Hall–Kier alpha value is -1.46. The van der Waals surface area contributed by atoms with Gasteiger partial charge in [0.05, 0.1) is 6.54 Å². The second kappa shape index (κ2) is 4.81. The zero-order chi connectivity index (χ0) is 12.4. The Bertz CT molecular complexity index is 393. The van der Waals surface area contributed by atoms with Crippen molar-refractivity contribution in [1.29, 1.82) is 0 Å². The van der Waals surface area contributed by atoms with Gasteiger partial charge in [-0.1, -0.05) is 0 Å². The molecule has 1 aromatic rings. The average molecular weight is 242 g/mol. The van der Waals surface area contributed by atoms with Crippen molar-refractivity contribution >= 4 is 11.6 Å². The van der Waals surface area contributed by atoms with Crippen LogP contribution in [0.3, 0.4) is 0 Å². The van der Waals surface area contributed by atoms with Gasteiger partial charge >= 0.3 is 0 Å². The number of anilines is 2. The first-order chi connectivity index (χ1) is 8.10. The van der Waals surface area contributed by atoms with Crippen LogP contribution in [0, 0.1) is 0 Å². The van der Waals surface area contributed by atoms with Crippen molar-refractivity contribution in [3.63, 3.8) is 0 Å². The minimum atomic E-state index is -2.36. The van der Waals surface area contributed by atoms with Crippen LogP contribution in [0.2, 0.25) is 0 Å². The molecular weight excluding hydrogens is 226 g/mol. The van der Waals surface area contributed by atoms with Gasteiger partial charge in [0.1, 0.15) is 17.5 Å². The number of alkyl halides is 2. The van der Waals surface area contributed by atoms with Gasteiger partial charge in [0, 0.05) is 26.1 Å². The molecule has 0 aliphatic heterocycles. The summed E-state index contributed by atoms with van der Waals surface area (Å²) in [5.41, 5.74) is 0. The molecule has 0 radical (unpaired) electrons. The number of hydrogen-bond acceptors (Lipinski definition) is 4. The van der Waals surface area contributed by atoms with E-state index in [0.717, 1.165) is 18.7 Å². The Balaban J connectivity index is 2.22. The molecule has 94 valence electrons. The lowest BCUT2D eigenvalue weighted by atomic mass is 10.3. The number of hydrogen-bond donors (Lipinski definition) is 1. The quantitative estimate of drug-likeness (QED) is 0.858. The van der Waals surface area contributed by atoms with E-state index in [9.17, 15) is 8.78 Å². The van der Waals surface area contributed by atoms with E-state index >= 15 is 0 Å². The first-order valence-electron chi connectivity index (χ1n) is 5.66. The highest BCUT2D eigenvalue weighted by molar-refractivity contribution is 5.49. The Morgan fingerprint density at radius 3 is 2.71 bits per heavy atom. The molecule has 2 rings (SSSR count). The second-order valence-corrected chi connectivity index (χ2v) is 4.27. The summed E-state index contributed by atoms with van der Waals surface area (Å²) in [4.78, 5) is 10.1. The maximum absolute atomic E-state index is 12.3. The molecule has 0 bridgehead atoms. The standard InChI is InChI=1S/C11H16F2N4/c1-14-9-5-10(17(2)6-8(12)13)16-11(15-9)7-3-4-7/h5,7-8H,3-4,6H2,1-2H3,(H,14,15,16). The largest absolute Gasteiger partial charge is 0.373 e. The first kappa shape index (κ1) is 12.0. The molecule has 0 atom stereocenters. The van der Waals surface area contributed by atoms with Gasteiger partial charge in [-0.15, -0.1) is 0 Å². The van der Waals surface area contributed by atoms with Crippen LogP contribution < -0.4 is 10.2 Å². The molecule has 17 heavy (non-hydrogen) atoms. The lowest BCUT2D eigenvalue weighted by Gasteiger charge is -2.18. The van der Waals surface area contributed by atoms with E-state index in [1.165, 1.54) is 4.90 Å². The minimum Gasteiger partial charge on any atom is -0.373 e. The van der Waals surface area contributed by atoms with Gasteiger partial charge in [-0.3, -0.25) is 0 Å². The van der Waals surface area contributed by atoms with E-state index in [1.54, 1.807) is 20.2 Å². The smallest absolute Gasteiger partial charge is 0.255 e. The van der Waals surface area contributed by atoms with E-state index in [0.29, 0.717) is 17.6 Å². The summed E-state index contributed by atoms with van der Waals surface area (Å²) < 4.78 is 24.6. The SMILES string of the molecule is CNc1cc(N(C)CC(F)F)nc(C2CC2)n1. The van der Waals surface area contributed by atoms with Crippen molar-refractivity contribution in [2.75, 3.05) is 30.9 Å². The van der Waals surface area contributed by atoms with Gasteiger partial charge in [0.25, 0.3) is 6.43 Å². The third-order valence-corrected chi connectivity index (χ3v) is 2.73. The van der Waals surface area contributed by atoms with Crippen LogP contribution >= 0.6 is 0 Å². The highest BCUT2D eigenvalue weighted by Crippen LogP contribution is 2.39. The van der Waals surface area contributed by atoms with Gasteiger partial charge in [-0.2, -0.15) is 0 Å². The van der Waals surface area contributed by atoms with Crippen LogP contribution in [0.5, 0.6) is 0 Å². The van der Waals surface area contributed by atoms with E-state index in [2.05, 4.69) is 15.3 Å². The third-order valence-electron chi connectivity index (χ3n) is 2.73. The fourth-order valence-corrected chi connectivity index (χ4v) is 1.60. The molecule has 0 amide bonds. The maximum Gasteiger partial charge on any atom is 0.255 e. The summed E-state index contributed by atoms with van der Waals surface area (Å²) in [6, 6.07) is 1.69. The number of halogens is 2. The fraction of sp³-hybridized carbons (Fsp3) is 0.636. The Morgan fingerprint density at radius 1 is 1.47 bits per heavy atom. The molecular formula is C11H16F2N4. The van der Waals surface area contributed by atoms with Crippen molar-refractivity contribution in [3.8, 4) is 0 Å². The molecule has 1 saturated carbocycles. The maximum atomic E-state index is 12.3. The summed E-state index contributed by atoms with van der Waals surface area (Å²) >= 11 is 0. The summed E-state index contributed by atoms with van der Waals surface area (Å²) in [5, 5.41) is 2.93. The van der Waals surface area contributed by atoms with Crippen molar-refractivity contribution in [2.45, 2.75) is 25.2 Å². The normalized spacial score (nSPS) is 15.1. The van der Waals surface area contributed by atoms with E-state index < -0.39 is 6.43 Å². The van der Waals surface area contributed by atoms with E-state index in [1.807, 2.05) is 0 Å². The number of nitrogens with zero attached hydrogens (tertiary/aromatic N) is 3. The summed E-state index contributed by atoms with van der Waals surface area (Å²) in [7, 11) is 3.38. The monoisotopic (exact) mass is 242 g/mol. The second-order valence-electron chi connectivity index (χ2n) is 4.27. The Labute approximate surface area is 99.1 Å². The molecule has 1 aliphatic rings. The van der Waals surface area contributed by atoms with Crippen LogP contribution in [-0.4, -0.2) is 37.0 Å². The predicted octanol–water partition coefficient (Wildman–Crippen LogP) is 2.10. The molecule has 4 nitrogen and oxygen atoms in total. The molecule has 1 aliphatic carbocycles. The summed E-state index contributed by atoms with van der Waals surface area (Å²) in [6.07, 6.45) is -0.187. The zero-order valence-corrected chi connectivity index (χ0v) is 9.95. The minimum absolute atomic E-state index is 0.315. The first-order valence-corrected chi connectivity index (χ1v) is 5.66. The van der Waals surface area contributed by atoms with Crippen LogP contribution in [0.15, 0.2) is 6.07 Å². The zero-order valence-electron chi connectivity index (χ0n) is 9.95. The van der Waals surface area contributed by atoms with Crippen molar-refractivity contribution in [2.24, 2.45) is 0 Å². The summed E-state index contributed by atoms with van der Waals surface area (Å²) in [5.74, 6) is 2.39. The van der Waals surface area contributed by atoms with Crippen molar-refractivity contribution in [1.82, 2.24) is 9.97 Å². The van der Waals surface area contributed by atoms with Crippen molar-refractivity contribution < 1.29 is 8.78 Å². The van der Waals surface area contributed by atoms with Crippen LogP contribution in [0.1, 0.15) is 24.6 Å². The topological polar surface area (TPSA) is 41.0 Å². The van der Waals surface area contributed by atoms with Crippen LogP contribution in [0.4, 0.5) is 20.4 Å². The van der Waals surface area contributed by atoms with Gasteiger partial charge in [-0.05, 0) is 12.8 Å². The molecule has 0 spiro atoms. The molecule has 0 aromatic carbocycles. The van der Waals surface area contributed by atoms with Gasteiger partial charge in [-0.25, -0.2) is 18.7 Å². The molecule has 1 fully saturated rings. The van der Waals surface area contributed by atoms with E-state index in [4.69, 9.17) is 0 Å². The highest BCUT2D eigenvalue weighted by atomic mass is 19.3. The van der Waals surface area contributed by atoms with Gasteiger partial charge < -0.3 is 10.2 Å². The van der Waals surface area contributed by atoms with Crippen LogP contribution in [-0.2, 0) is 0 Å². The average Bonchev–Trinajstić information content (AvgIpc) is 3.11. The molecule has 1 aromatic heterocycles.